The molecule has 0 radical (unpaired) electrons. The van der Waals surface area contributed by atoms with Gasteiger partial charge in [-0.05, 0) is 5.92 Å². The largest absolute Gasteiger partial charge is 0.339 e. The van der Waals surface area contributed by atoms with Crippen molar-refractivity contribution in [1.29, 1.82) is 0 Å². The Hall–Kier alpha value is -2.37. The summed E-state index contributed by atoms with van der Waals surface area (Å²) in [5.74, 6) is 0.247. The highest BCUT2D eigenvalue weighted by Crippen LogP contribution is 2.33. The smallest absolute Gasteiger partial charge is 0.332 e. The molecule has 6 nitrogen and oxygen atoms in total. The van der Waals surface area contributed by atoms with E-state index in [1.54, 1.807) is 7.05 Å². The van der Waals surface area contributed by atoms with E-state index in [0.717, 1.165) is 0 Å². The summed E-state index contributed by atoms with van der Waals surface area (Å²) in [6.07, 6.45) is 9.53. The van der Waals surface area contributed by atoms with Crippen molar-refractivity contribution in [3.05, 3.63) is 51.5 Å². The van der Waals surface area contributed by atoms with Gasteiger partial charge in [-0.15, -0.1) is 0 Å². The zero-order valence-corrected chi connectivity index (χ0v) is 12.3. The minimum absolute atomic E-state index is 0.247. The van der Waals surface area contributed by atoms with Crippen molar-refractivity contribution in [3.8, 4) is 0 Å². The first kappa shape index (κ1) is 13.6. The number of fused-ring (bicyclic) bond motifs is 1. The third-order valence-electron chi connectivity index (χ3n) is 4.44. The summed E-state index contributed by atoms with van der Waals surface area (Å²) in [5, 5.41) is 0. The van der Waals surface area contributed by atoms with Gasteiger partial charge in [0.25, 0.3) is 5.56 Å². The second-order valence-electron chi connectivity index (χ2n) is 5.87. The minimum Gasteiger partial charge on any atom is -0.339 e. The molecule has 2 heterocycles. The number of nitrogens with one attached hydrogen (secondary N) is 1. The highest BCUT2D eigenvalue weighted by Gasteiger charge is 2.30. The Morgan fingerprint density at radius 1 is 1.38 bits per heavy atom. The highest BCUT2D eigenvalue weighted by molar-refractivity contribution is 5.68. The van der Waals surface area contributed by atoms with Crippen LogP contribution in [-0.2, 0) is 13.6 Å². The Balaban J connectivity index is 2.18. The van der Waals surface area contributed by atoms with Crippen LogP contribution in [0.5, 0.6) is 0 Å². The van der Waals surface area contributed by atoms with E-state index < -0.39 is 0 Å². The Morgan fingerprint density at radius 3 is 2.86 bits per heavy atom. The van der Waals surface area contributed by atoms with Crippen LogP contribution < -0.4 is 11.2 Å². The van der Waals surface area contributed by atoms with Crippen LogP contribution in [0.2, 0.25) is 0 Å². The zero-order chi connectivity index (χ0) is 15.2. The molecule has 0 aliphatic heterocycles. The lowest BCUT2D eigenvalue weighted by Crippen LogP contribution is -2.44. The summed E-state index contributed by atoms with van der Waals surface area (Å²) in [4.78, 5) is 31.8. The number of allylic oxidation sites excluding steroid dienone is 4. The van der Waals surface area contributed by atoms with Gasteiger partial charge in [0.1, 0.15) is 5.52 Å². The van der Waals surface area contributed by atoms with Crippen molar-refractivity contribution in [3.63, 3.8) is 0 Å². The lowest BCUT2D eigenvalue weighted by molar-refractivity contribution is 0.266. The fraction of sp³-hybridized carbons (Fsp3) is 0.400. The van der Waals surface area contributed by atoms with Crippen LogP contribution in [0, 0.1) is 11.3 Å². The van der Waals surface area contributed by atoms with Gasteiger partial charge in [-0.1, -0.05) is 38.2 Å². The van der Waals surface area contributed by atoms with E-state index in [1.807, 2.05) is 12.2 Å². The number of aromatic nitrogens is 4. The summed E-state index contributed by atoms with van der Waals surface area (Å²) in [6, 6.07) is 0. The topological polar surface area (TPSA) is 72.7 Å². The number of aromatic amines is 1. The molecule has 0 saturated carbocycles. The number of aryl methyl sites for hydroxylation is 1. The van der Waals surface area contributed by atoms with Crippen LogP contribution in [0.25, 0.3) is 11.2 Å². The molecule has 0 aromatic carbocycles. The Kier molecular flexibility index (Phi) is 2.97. The van der Waals surface area contributed by atoms with Crippen LogP contribution >= 0.6 is 0 Å². The summed E-state index contributed by atoms with van der Waals surface area (Å²) in [5.41, 5.74) is -0.168. The lowest BCUT2D eigenvalue weighted by Gasteiger charge is -2.33. The van der Waals surface area contributed by atoms with Gasteiger partial charge in [0.05, 0.1) is 6.33 Å². The van der Waals surface area contributed by atoms with Crippen molar-refractivity contribution in [2.45, 2.75) is 20.4 Å². The molecule has 1 N–H and O–H groups in total. The maximum Gasteiger partial charge on any atom is 0.332 e. The van der Waals surface area contributed by atoms with E-state index in [-0.39, 0.29) is 22.6 Å². The second kappa shape index (κ2) is 4.58. The van der Waals surface area contributed by atoms with E-state index in [9.17, 15) is 9.59 Å². The van der Waals surface area contributed by atoms with Crippen LogP contribution in [0.4, 0.5) is 0 Å². The van der Waals surface area contributed by atoms with Crippen LogP contribution in [0.15, 0.2) is 40.2 Å². The SMILES string of the molecule is CC1C=CC=CC1(C)Cn1c(=O)c2[nH]cnc2n(C)c1=O. The second-order valence-corrected chi connectivity index (χ2v) is 5.87. The van der Waals surface area contributed by atoms with Crippen LogP contribution in [-0.4, -0.2) is 19.1 Å². The average molecular weight is 286 g/mol. The van der Waals surface area contributed by atoms with Gasteiger partial charge in [0.2, 0.25) is 0 Å². The van der Waals surface area contributed by atoms with Crippen molar-refractivity contribution in [2.24, 2.45) is 18.4 Å². The van der Waals surface area contributed by atoms with E-state index in [4.69, 9.17) is 0 Å². The fourth-order valence-electron chi connectivity index (χ4n) is 2.75. The predicted octanol–water partition coefficient (Wildman–Crippen LogP) is 1.19. The van der Waals surface area contributed by atoms with E-state index in [0.29, 0.717) is 17.7 Å². The molecular weight excluding hydrogens is 268 g/mol. The van der Waals surface area contributed by atoms with Crippen LogP contribution in [0.1, 0.15) is 13.8 Å². The van der Waals surface area contributed by atoms with Gasteiger partial charge in [0, 0.05) is 19.0 Å². The van der Waals surface area contributed by atoms with E-state index in [2.05, 4.69) is 36.0 Å². The third kappa shape index (κ3) is 1.98. The standard InChI is InChI=1S/C15H18N4O2/c1-10-6-4-5-7-15(10,2)8-19-13(20)11-12(17-9-16-11)18(3)14(19)21/h4-7,9-10H,8H2,1-3H3,(H,16,17). The van der Waals surface area contributed by atoms with Crippen molar-refractivity contribution < 1.29 is 0 Å². The maximum atomic E-state index is 12.5. The first-order chi connectivity index (χ1) is 9.94. The maximum absolute atomic E-state index is 12.5. The number of H-pyrrole nitrogens is 1. The molecular formula is C15H18N4O2. The van der Waals surface area contributed by atoms with Crippen molar-refractivity contribution in [2.75, 3.05) is 0 Å². The first-order valence-electron chi connectivity index (χ1n) is 6.93. The molecule has 0 saturated heterocycles. The Labute approximate surface area is 121 Å². The molecule has 6 heteroatoms. The Bertz CT molecular complexity index is 868. The summed E-state index contributed by atoms with van der Waals surface area (Å²) >= 11 is 0. The van der Waals surface area contributed by atoms with Gasteiger partial charge in [0.15, 0.2) is 5.65 Å². The molecule has 21 heavy (non-hydrogen) atoms. The molecule has 3 rings (SSSR count). The highest BCUT2D eigenvalue weighted by atomic mass is 16.2. The van der Waals surface area contributed by atoms with Gasteiger partial charge < -0.3 is 4.98 Å². The molecule has 110 valence electrons. The molecule has 0 fully saturated rings. The number of hydrogen-bond acceptors (Lipinski definition) is 3. The lowest BCUT2D eigenvalue weighted by atomic mass is 9.75. The molecule has 2 aromatic rings. The number of hydrogen-bond donors (Lipinski definition) is 1. The molecule has 0 bridgehead atoms. The van der Waals surface area contributed by atoms with E-state index in [1.165, 1.54) is 15.5 Å². The van der Waals surface area contributed by atoms with Crippen LogP contribution in [0.3, 0.4) is 0 Å². The number of nitrogens with zero attached hydrogens (tertiary/aromatic N) is 3. The minimum atomic E-state index is -0.337. The van der Waals surface area contributed by atoms with Gasteiger partial charge >= 0.3 is 5.69 Å². The number of imidazole rings is 1. The fourth-order valence-corrected chi connectivity index (χ4v) is 2.75. The quantitative estimate of drug-likeness (QED) is 0.901. The third-order valence-corrected chi connectivity index (χ3v) is 4.44. The molecule has 2 unspecified atom stereocenters. The van der Waals surface area contributed by atoms with Gasteiger partial charge in [-0.3, -0.25) is 13.9 Å². The molecule has 0 spiro atoms. The van der Waals surface area contributed by atoms with Crippen molar-refractivity contribution in [1.82, 2.24) is 19.1 Å². The average Bonchev–Trinajstić information content (AvgIpc) is 2.94. The molecule has 1 aliphatic carbocycles. The molecule has 2 aromatic heterocycles. The van der Waals surface area contributed by atoms with Crippen molar-refractivity contribution >= 4 is 11.2 Å². The molecule has 1 aliphatic rings. The molecule has 2 atom stereocenters. The zero-order valence-electron chi connectivity index (χ0n) is 12.3. The predicted molar refractivity (Wildman–Crippen MR) is 81.1 cm³/mol. The van der Waals surface area contributed by atoms with E-state index >= 15 is 0 Å². The monoisotopic (exact) mass is 286 g/mol. The summed E-state index contributed by atoms with van der Waals surface area (Å²) in [6.45, 7) is 4.49. The number of rotatable bonds is 2. The Morgan fingerprint density at radius 2 is 2.14 bits per heavy atom. The summed E-state index contributed by atoms with van der Waals surface area (Å²) < 4.78 is 2.70. The molecule has 0 amide bonds. The van der Waals surface area contributed by atoms with Gasteiger partial charge in [-0.25, -0.2) is 9.78 Å². The normalized spacial score (nSPS) is 24.8. The summed E-state index contributed by atoms with van der Waals surface area (Å²) in [7, 11) is 1.63. The first-order valence-corrected chi connectivity index (χ1v) is 6.93. The van der Waals surface area contributed by atoms with Gasteiger partial charge in [-0.2, -0.15) is 0 Å².